The van der Waals surface area contributed by atoms with Gasteiger partial charge in [0, 0.05) is 17.4 Å². The Balaban J connectivity index is 2.31. The third kappa shape index (κ3) is 1.80. The van der Waals surface area contributed by atoms with Gasteiger partial charge in [-0.15, -0.1) is 0 Å². The highest BCUT2D eigenvalue weighted by Crippen LogP contribution is 2.28. The Hall–Kier alpha value is -0.900. The zero-order valence-corrected chi connectivity index (χ0v) is 9.05. The quantitative estimate of drug-likeness (QED) is 0.770. The van der Waals surface area contributed by atoms with Crippen molar-refractivity contribution >= 4 is 27.4 Å². The van der Waals surface area contributed by atoms with E-state index in [9.17, 15) is 9.18 Å². The number of anilines is 1. The van der Waals surface area contributed by atoms with Crippen LogP contribution in [-0.2, 0) is 4.79 Å². The maximum absolute atomic E-state index is 13.0. The normalized spacial score (nSPS) is 16.4. The Morgan fingerprint density at radius 3 is 2.86 bits per heavy atom. The topological polar surface area (TPSA) is 20.3 Å². The molecular weight excluding hydrogens is 249 g/mol. The molecule has 0 bridgehead atoms. The van der Waals surface area contributed by atoms with Gasteiger partial charge < -0.3 is 4.90 Å². The van der Waals surface area contributed by atoms with Crippen molar-refractivity contribution in [1.82, 2.24) is 0 Å². The Labute approximate surface area is 89.8 Å². The van der Waals surface area contributed by atoms with Gasteiger partial charge >= 0.3 is 0 Å². The molecule has 1 saturated heterocycles. The Morgan fingerprint density at radius 1 is 1.43 bits per heavy atom. The minimum Gasteiger partial charge on any atom is -0.363 e. The molecule has 14 heavy (non-hydrogen) atoms. The van der Waals surface area contributed by atoms with Crippen LogP contribution in [0, 0.1) is 5.82 Å². The van der Waals surface area contributed by atoms with Gasteiger partial charge in [-0.1, -0.05) is 0 Å². The second-order valence-corrected chi connectivity index (χ2v) is 4.16. The van der Waals surface area contributed by atoms with Crippen molar-refractivity contribution in [1.29, 1.82) is 0 Å². The number of carbonyl (C=O) groups is 1. The number of Topliss-reactive ketones (excluding diaryl/α,β-unsaturated/α-hetero) is 1. The van der Waals surface area contributed by atoms with Crippen LogP contribution in [-0.4, -0.2) is 18.9 Å². The molecule has 0 atom stereocenters. The van der Waals surface area contributed by atoms with Crippen LogP contribution < -0.4 is 4.90 Å². The van der Waals surface area contributed by atoms with E-state index in [2.05, 4.69) is 15.9 Å². The summed E-state index contributed by atoms with van der Waals surface area (Å²) in [7, 11) is 0. The number of hydrogen-bond acceptors (Lipinski definition) is 2. The van der Waals surface area contributed by atoms with Crippen LogP contribution in [0.25, 0.3) is 0 Å². The largest absolute Gasteiger partial charge is 0.363 e. The van der Waals surface area contributed by atoms with Crippen LogP contribution in [0.5, 0.6) is 0 Å². The lowest BCUT2D eigenvalue weighted by atomic mass is 10.3. The first kappa shape index (κ1) is 9.65. The van der Waals surface area contributed by atoms with Crippen LogP contribution >= 0.6 is 15.9 Å². The van der Waals surface area contributed by atoms with Gasteiger partial charge in [-0.3, -0.25) is 4.79 Å². The molecule has 0 radical (unpaired) electrons. The molecule has 2 rings (SSSR count). The summed E-state index contributed by atoms with van der Waals surface area (Å²) in [5.74, 6) is -0.0660. The lowest BCUT2D eigenvalue weighted by Gasteiger charge is -2.18. The van der Waals surface area contributed by atoms with Crippen molar-refractivity contribution < 1.29 is 9.18 Å². The van der Waals surface area contributed by atoms with E-state index in [1.807, 2.05) is 4.90 Å². The number of nitrogens with zero attached hydrogens (tertiary/aromatic N) is 1. The second-order valence-electron chi connectivity index (χ2n) is 3.31. The van der Waals surface area contributed by atoms with E-state index >= 15 is 0 Å². The monoisotopic (exact) mass is 257 g/mol. The third-order valence-corrected chi connectivity index (χ3v) is 2.95. The van der Waals surface area contributed by atoms with Crippen LogP contribution in [0.3, 0.4) is 0 Å². The number of rotatable bonds is 1. The molecule has 1 fully saturated rings. The van der Waals surface area contributed by atoms with Crippen molar-refractivity contribution in [2.75, 3.05) is 18.0 Å². The average Bonchev–Trinajstić information content (AvgIpc) is 2.56. The average molecular weight is 258 g/mol. The second kappa shape index (κ2) is 3.69. The summed E-state index contributed by atoms with van der Waals surface area (Å²) in [5.41, 5.74) is 0.760. The van der Waals surface area contributed by atoms with Gasteiger partial charge in [0.1, 0.15) is 5.82 Å². The third-order valence-electron chi connectivity index (χ3n) is 2.28. The first-order chi connectivity index (χ1) is 6.66. The molecule has 2 nitrogen and oxygen atoms in total. The minimum atomic E-state index is -0.275. The molecule has 1 heterocycles. The Bertz CT molecular complexity index is 380. The van der Waals surface area contributed by atoms with Gasteiger partial charge in [-0.25, -0.2) is 4.39 Å². The Kier molecular flexibility index (Phi) is 2.54. The predicted octanol–water partition coefficient (Wildman–Crippen LogP) is 2.37. The van der Waals surface area contributed by atoms with Crippen LogP contribution in [0.2, 0.25) is 0 Å². The number of benzene rings is 1. The summed E-state index contributed by atoms with van der Waals surface area (Å²) < 4.78 is 13.8. The van der Waals surface area contributed by atoms with E-state index in [4.69, 9.17) is 0 Å². The fraction of sp³-hybridized carbons (Fsp3) is 0.300. The predicted molar refractivity (Wildman–Crippen MR) is 55.9 cm³/mol. The molecule has 0 amide bonds. The maximum Gasteiger partial charge on any atom is 0.153 e. The van der Waals surface area contributed by atoms with Crippen molar-refractivity contribution in [3.05, 3.63) is 28.5 Å². The summed E-state index contributed by atoms with van der Waals surface area (Å²) in [4.78, 5) is 13.0. The van der Waals surface area contributed by atoms with E-state index in [-0.39, 0.29) is 11.6 Å². The van der Waals surface area contributed by atoms with E-state index in [1.165, 1.54) is 12.1 Å². The molecule has 0 spiro atoms. The fourth-order valence-electron chi connectivity index (χ4n) is 1.56. The molecule has 0 unspecified atom stereocenters. The zero-order chi connectivity index (χ0) is 10.1. The molecule has 74 valence electrons. The molecule has 1 aliphatic rings. The van der Waals surface area contributed by atoms with E-state index < -0.39 is 0 Å². The summed E-state index contributed by atoms with van der Waals surface area (Å²) in [6.45, 7) is 1.07. The lowest BCUT2D eigenvalue weighted by molar-refractivity contribution is -0.116. The number of halogens is 2. The molecule has 1 aromatic carbocycles. The van der Waals surface area contributed by atoms with Crippen molar-refractivity contribution in [2.24, 2.45) is 0 Å². The highest BCUT2D eigenvalue weighted by Gasteiger charge is 2.21. The van der Waals surface area contributed by atoms with E-state index in [0.717, 1.165) is 10.2 Å². The number of carbonyl (C=O) groups excluding carboxylic acids is 1. The molecular formula is C10H9BrFNO. The fourth-order valence-corrected chi connectivity index (χ4v) is 2.06. The van der Waals surface area contributed by atoms with Crippen LogP contribution in [0.15, 0.2) is 22.7 Å². The van der Waals surface area contributed by atoms with Gasteiger partial charge in [0.25, 0.3) is 0 Å². The zero-order valence-electron chi connectivity index (χ0n) is 7.46. The lowest BCUT2D eigenvalue weighted by Crippen LogP contribution is -2.20. The van der Waals surface area contributed by atoms with Crippen LogP contribution in [0.1, 0.15) is 6.42 Å². The van der Waals surface area contributed by atoms with E-state index in [0.29, 0.717) is 19.5 Å². The first-order valence-corrected chi connectivity index (χ1v) is 5.18. The maximum atomic E-state index is 13.0. The SMILES string of the molecule is O=C1CCN(c2cc(F)ccc2Br)C1. The number of ketones is 1. The Morgan fingerprint density at radius 2 is 2.21 bits per heavy atom. The van der Waals surface area contributed by atoms with Gasteiger partial charge in [0.15, 0.2) is 5.78 Å². The molecule has 1 aromatic rings. The van der Waals surface area contributed by atoms with E-state index in [1.54, 1.807) is 6.07 Å². The number of hydrogen-bond donors (Lipinski definition) is 0. The van der Waals surface area contributed by atoms with Crippen molar-refractivity contribution in [3.8, 4) is 0 Å². The standard InChI is InChI=1S/C10H9BrFNO/c11-9-2-1-7(12)5-10(9)13-4-3-8(14)6-13/h1-2,5H,3-4,6H2. The van der Waals surface area contributed by atoms with Gasteiger partial charge in [0.2, 0.25) is 0 Å². The summed E-state index contributed by atoms with van der Waals surface area (Å²) in [6.07, 6.45) is 0.558. The van der Waals surface area contributed by atoms with Gasteiger partial charge in [-0.05, 0) is 34.1 Å². The molecule has 0 N–H and O–H groups in total. The van der Waals surface area contributed by atoms with Crippen molar-refractivity contribution in [3.63, 3.8) is 0 Å². The summed E-state index contributed by atoms with van der Waals surface area (Å²) in [6, 6.07) is 4.50. The first-order valence-electron chi connectivity index (χ1n) is 4.38. The minimum absolute atomic E-state index is 0.209. The summed E-state index contributed by atoms with van der Waals surface area (Å²) in [5, 5.41) is 0. The molecule has 0 saturated carbocycles. The smallest absolute Gasteiger partial charge is 0.153 e. The van der Waals surface area contributed by atoms with Crippen LogP contribution in [0.4, 0.5) is 10.1 Å². The molecule has 4 heteroatoms. The van der Waals surface area contributed by atoms with Gasteiger partial charge in [-0.2, -0.15) is 0 Å². The highest BCUT2D eigenvalue weighted by atomic mass is 79.9. The highest BCUT2D eigenvalue weighted by molar-refractivity contribution is 9.10. The van der Waals surface area contributed by atoms with Crippen molar-refractivity contribution in [2.45, 2.75) is 6.42 Å². The molecule has 0 aliphatic carbocycles. The molecule has 1 aliphatic heterocycles. The molecule has 0 aromatic heterocycles. The summed E-state index contributed by atoms with van der Waals surface area (Å²) >= 11 is 3.34. The van der Waals surface area contributed by atoms with Gasteiger partial charge in [0.05, 0.1) is 12.2 Å².